The highest BCUT2D eigenvalue weighted by Crippen LogP contribution is 2.31. The van der Waals surface area contributed by atoms with Crippen molar-refractivity contribution >= 4 is 11.6 Å². The molecule has 0 saturated carbocycles. The summed E-state index contributed by atoms with van der Waals surface area (Å²) in [7, 11) is 0. The van der Waals surface area contributed by atoms with Crippen LogP contribution in [0, 0.1) is 12.8 Å². The predicted octanol–water partition coefficient (Wildman–Crippen LogP) is 5.47. The van der Waals surface area contributed by atoms with Crippen LogP contribution in [0.15, 0.2) is 59.6 Å². The van der Waals surface area contributed by atoms with Crippen molar-refractivity contribution in [1.82, 2.24) is 0 Å². The van der Waals surface area contributed by atoms with Crippen LogP contribution in [0.1, 0.15) is 18.9 Å². The van der Waals surface area contributed by atoms with Crippen molar-refractivity contribution < 1.29 is 17.9 Å². The summed E-state index contributed by atoms with van der Waals surface area (Å²) in [6.07, 6.45) is 4.09. The highest BCUT2D eigenvalue weighted by molar-refractivity contribution is 5.81. The SMILES string of the molecule is C#C.CCC(=Nc1ccccc1)Oc1cccc(C(F)(F)F)c1. The molecule has 0 saturated heterocycles. The minimum absolute atomic E-state index is 0.126. The second-order valence-electron chi connectivity index (χ2n) is 4.32. The molecule has 120 valence electrons. The van der Waals surface area contributed by atoms with Crippen molar-refractivity contribution in [3.63, 3.8) is 0 Å². The molecule has 2 aromatic carbocycles. The van der Waals surface area contributed by atoms with E-state index in [1.54, 1.807) is 12.1 Å². The molecule has 0 aliphatic carbocycles. The van der Waals surface area contributed by atoms with Gasteiger partial charge in [-0.2, -0.15) is 13.2 Å². The van der Waals surface area contributed by atoms with Crippen LogP contribution in [0.2, 0.25) is 0 Å². The van der Waals surface area contributed by atoms with E-state index in [0.717, 1.165) is 12.1 Å². The van der Waals surface area contributed by atoms with Crippen LogP contribution >= 0.6 is 0 Å². The first-order valence-electron chi connectivity index (χ1n) is 6.80. The number of rotatable bonds is 3. The summed E-state index contributed by atoms with van der Waals surface area (Å²) in [6.45, 7) is 1.83. The van der Waals surface area contributed by atoms with E-state index in [1.165, 1.54) is 12.1 Å². The zero-order chi connectivity index (χ0) is 17.3. The monoisotopic (exact) mass is 319 g/mol. The Bertz CT molecular complexity index is 661. The normalized spacial score (nSPS) is 11.3. The predicted molar refractivity (Wildman–Crippen MR) is 85.8 cm³/mol. The van der Waals surface area contributed by atoms with Gasteiger partial charge >= 0.3 is 6.18 Å². The van der Waals surface area contributed by atoms with E-state index in [2.05, 4.69) is 17.8 Å². The lowest BCUT2D eigenvalue weighted by atomic mass is 10.2. The Morgan fingerprint density at radius 3 is 2.26 bits per heavy atom. The summed E-state index contributed by atoms with van der Waals surface area (Å²) in [5.74, 6) is 0.488. The molecule has 0 radical (unpaired) electrons. The molecule has 5 heteroatoms. The highest BCUT2D eigenvalue weighted by Gasteiger charge is 2.30. The van der Waals surface area contributed by atoms with Gasteiger partial charge in [-0.05, 0) is 30.3 Å². The van der Waals surface area contributed by atoms with Crippen LogP contribution in [-0.2, 0) is 6.18 Å². The third kappa shape index (κ3) is 5.87. The average Bonchev–Trinajstić information content (AvgIpc) is 2.56. The summed E-state index contributed by atoms with van der Waals surface area (Å²) in [5, 5.41) is 0. The summed E-state index contributed by atoms with van der Waals surface area (Å²) in [5.41, 5.74) is -0.0449. The molecule has 23 heavy (non-hydrogen) atoms. The molecule has 0 aliphatic heterocycles. The van der Waals surface area contributed by atoms with Gasteiger partial charge in [-0.3, -0.25) is 0 Å². The second-order valence-corrected chi connectivity index (χ2v) is 4.32. The highest BCUT2D eigenvalue weighted by atomic mass is 19.4. The Morgan fingerprint density at radius 2 is 1.70 bits per heavy atom. The van der Waals surface area contributed by atoms with Gasteiger partial charge in [-0.1, -0.05) is 31.2 Å². The molecule has 0 atom stereocenters. The summed E-state index contributed by atoms with van der Waals surface area (Å²) >= 11 is 0. The van der Waals surface area contributed by atoms with Crippen LogP contribution in [0.4, 0.5) is 18.9 Å². The molecule has 0 fully saturated rings. The molecule has 2 nitrogen and oxygen atoms in total. The number of terminal acetylenes is 1. The fourth-order valence-electron chi connectivity index (χ4n) is 1.69. The fraction of sp³-hybridized carbons (Fsp3) is 0.167. The fourth-order valence-corrected chi connectivity index (χ4v) is 1.69. The number of para-hydroxylation sites is 1. The smallest absolute Gasteiger partial charge is 0.416 e. The van der Waals surface area contributed by atoms with Gasteiger partial charge in [0.15, 0.2) is 5.90 Å². The van der Waals surface area contributed by atoms with Gasteiger partial charge in [0.2, 0.25) is 0 Å². The minimum Gasteiger partial charge on any atom is -0.443 e. The number of hydrogen-bond donors (Lipinski definition) is 0. The zero-order valence-corrected chi connectivity index (χ0v) is 12.5. The van der Waals surface area contributed by atoms with Crippen LogP contribution in [-0.4, -0.2) is 5.90 Å². The maximum Gasteiger partial charge on any atom is 0.416 e. The van der Waals surface area contributed by atoms with Crippen molar-refractivity contribution in [3.8, 4) is 18.6 Å². The number of aliphatic imine (C=N–C) groups is 1. The number of halogens is 3. The van der Waals surface area contributed by atoms with Crippen LogP contribution in [0.25, 0.3) is 0 Å². The van der Waals surface area contributed by atoms with Gasteiger partial charge in [0.25, 0.3) is 0 Å². The number of alkyl halides is 3. The number of benzene rings is 2. The van der Waals surface area contributed by atoms with Crippen molar-refractivity contribution in [2.24, 2.45) is 4.99 Å². The topological polar surface area (TPSA) is 21.6 Å². The van der Waals surface area contributed by atoms with Crippen molar-refractivity contribution in [2.45, 2.75) is 19.5 Å². The summed E-state index contributed by atoms with van der Waals surface area (Å²) in [4.78, 5) is 4.28. The molecule has 2 aromatic rings. The van der Waals surface area contributed by atoms with Gasteiger partial charge < -0.3 is 4.74 Å². The first kappa shape index (κ1) is 18.3. The van der Waals surface area contributed by atoms with E-state index < -0.39 is 11.7 Å². The minimum atomic E-state index is -4.39. The quantitative estimate of drug-likeness (QED) is 0.417. The molecular weight excluding hydrogens is 303 g/mol. The molecule has 0 unspecified atom stereocenters. The van der Waals surface area contributed by atoms with Crippen molar-refractivity contribution in [2.75, 3.05) is 0 Å². The van der Waals surface area contributed by atoms with Gasteiger partial charge in [0.1, 0.15) is 5.75 Å². The molecule has 0 aromatic heterocycles. The lowest BCUT2D eigenvalue weighted by molar-refractivity contribution is -0.137. The maximum absolute atomic E-state index is 12.6. The Hall–Kier alpha value is -2.74. The lowest BCUT2D eigenvalue weighted by Gasteiger charge is -2.10. The maximum atomic E-state index is 12.6. The van der Waals surface area contributed by atoms with Gasteiger partial charge in [-0.25, -0.2) is 4.99 Å². The summed E-state index contributed by atoms with van der Waals surface area (Å²) < 4.78 is 43.4. The average molecular weight is 319 g/mol. The number of hydrogen-bond acceptors (Lipinski definition) is 2. The lowest BCUT2D eigenvalue weighted by Crippen LogP contribution is -2.09. The summed E-state index contributed by atoms with van der Waals surface area (Å²) in [6, 6.07) is 13.9. The van der Waals surface area contributed by atoms with Crippen LogP contribution < -0.4 is 4.74 Å². The Kier molecular flexibility index (Phi) is 6.88. The van der Waals surface area contributed by atoms with E-state index in [4.69, 9.17) is 4.74 Å². The molecule has 0 amide bonds. The van der Waals surface area contributed by atoms with E-state index in [1.807, 2.05) is 25.1 Å². The zero-order valence-electron chi connectivity index (χ0n) is 12.5. The van der Waals surface area contributed by atoms with E-state index >= 15 is 0 Å². The van der Waals surface area contributed by atoms with Crippen molar-refractivity contribution in [3.05, 3.63) is 60.2 Å². The molecule has 2 rings (SSSR count). The first-order chi connectivity index (χ1) is 11.0. The van der Waals surface area contributed by atoms with Crippen LogP contribution in [0.3, 0.4) is 0 Å². The van der Waals surface area contributed by atoms with Gasteiger partial charge in [0.05, 0.1) is 11.3 Å². The Morgan fingerprint density at radius 1 is 1.04 bits per heavy atom. The standard InChI is InChI=1S/C16H14F3NO.C2H2/c1-2-15(20-13-8-4-3-5-9-13)21-14-10-6-7-12(11-14)16(17,18)19;1-2/h3-11H,2H2,1H3;1-2H. The largest absolute Gasteiger partial charge is 0.443 e. The van der Waals surface area contributed by atoms with Crippen LogP contribution in [0.5, 0.6) is 5.75 Å². The first-order valence-corrected chi connectivity index (χ1v) is 6.80. The molecule has 0 N–H and O–H groups in total. The second kappa shape index (κ2) is 8.64. The van der Waals surface area contributed by atoms with E-state index in [-0.39, 0.29) is 5.75 Å². The van der Waals surface area contributed by atoms with Crippen molar-refractivity contribution in [1.29, 1.82) is 0 Å². The number of nitrogens with zero attached hydrogens (tertiary/aromatic N) is 1. The number of ether oxygens (including phenoxy) is 1. The van der Waals surface area contributed by atoms with E-state index in [9.17, 15) is 13.2 Å². The third-order valence-corrected chi connectivity index (χ3v) is 2.71. The van der Waals surface area contributed by atoms with Gasteiger partial charge in [-0.15, -0.1) is 12.8 Å². The van der Waals surface area contributed by atoms with Gasteiger partial charge in [0, 0.05) is 6.42 Å². The molecular formula is C18H16F3NO. The molecule has 0 spiro atoms. The Labute approximate surface area is 133 Å². The molecule has 0 bridgehead atoms. The Balaban J connectivity index is 0.00000127. The third-order valence-electron chi connectivity index (χ3n) is 2.71. The van der Waals surface area contributed by atoms with E-state index in [0.29, 0.717) is 18.0 Å². The molecule has 0 heterocycles. The molecule has 0 aliphatic rings.